The number of nitrogens with zero attached hydrogens (tertiary/aromatic N) is 2. The van der Waals surface area contributed by atoms with Crippen LogP contribution in [0, 0.1) is 11.8 Å². The average Bonchev–Trinajstić information content (AvgIpc) is 3.13. The second-order valence-electron chi connectivity index (χ2n) is 5.85. The summed E-state index contributed by atoms with van der Waals surface area (Å²) in [5, 5.41) is 5.85. The van der Waals surface area contributed by atoms with Gasteiger partial charge in [-0.3, -0.25) is 5.32 Å². The van der Waals surface area contributed by atoms with Gasteiger partial charge in [-0.1, -0.05) is 6.42 Å². The van der Waals surface area contributed by atoms with Crippen LogP contribution in [0.4, 0.5) is 10.6 Å². The number of carbonyl (C=O) groups excluding carboxylic acids is 1. The minimum Gasteiger partial charge on any atom is -0.345 e. The Morgan fingerprint density at radius 2 is 2.30 bits per heavy atom. The molecule has 0 radical (unpaired) electrons. The van der Waals surface area contributed by atoms with Gasteiger partial charge in [0.25, 0.3) is 0 Å². The van der Waals surface area contributed by atoms with Crippen LogP contribution in [0.5, 0.6) is 0 Å². The standard InChI is InChI=1S/C14H17N5O/c20-14(18-11-6-8-1-2-9(11)5-8)19-12-7-16-13-10(17-12)3-4-15-13/h3-4,7-9,11H,1-2,5-6H2,(H,15,16)(H2,17,18,19,20)/t8-,9+,11-/m0/s1. The minimum atomic E-state index is -0.174. The van der Waals surface area contributed by atoms with E-state index < -0.39 is 0 Å². The lowest BCUT2D eigenvalue weighted by Gasteiger charge is -2.22. The Labute approximate surface area is 116 Å². The van der Waals surface area contributed by atoms with E-state index in [1.54, 1.807) is 12.4 Å². The summed E-state index contributed by atoms with van der Waals surface area (Å²) in [6.07, 6.45) is 8.34. The molecule has 2 aliphatic rings. The fourth-order valence-electron chi connectivity index (χ4n) is 3.63. The van der Waals surface area contributed by atoms with Gasteiger partial charge in [0.1, 0.15) is 5.52 Å². The number of amides is 2. The van der Waals surface area contributed by atoms with Gasteiger partial charge in [0.05, 0.1) is 6.20 Å². The second-order valence-corrected chi connectivity index (χ2v) is 5.85. The number of nitrogens with one attached hydrogen (secondary N) is 3. The zero-order valence-corrected chi connectivity index (χ0v) is 11.1. The number of H-pyrrole nitrogens is 1. The second kappa shape index (κ2) is 4.47. The number of aromatic nitrogens is 3. The van der Waals surface area contributed by atoms with Crippen LogP contribution in [0.25, 0.3) is 11.2 Å². The molecule has 0 aliphatic heterocycles. The van der Waals surface area contributed by atoms with Crippen LogP contribution in [0.3, 0.4) is 0 Å². The molecular formula is C14H17N5O. The molecule has 2 bridgehead atoms. The highest BCUT2D eigenvalue weighted by molar-refractivity contribution is 5.89. The SMILES string of the molecule is O=C(Nc1cnc2[nH]ccc2n1)N[C@H]1C[C@H]2CC[C@@H]1C2. The number of aromatic amines is 1. The summed E-state index contributed by atoms with van der Waals surface area (Å²) in [7, 11) is 0. The lowest BCUT2D eigenvalue weighted by Crippen LogP contribution is -2.41. The highest BCUT2D eigenvalue weighted by Gasteiger charge is 2.40. The molecule has 3 N–H and O–H groups in total. The summed E-state index contributed by atoms with van der Waals surface area (Å²) in [5.74, 6) is 1.98. The van der Waals surface area contributed by atoms with Crippen molar-refractivity contribution in [3.05, 3.63) is 18.5 Å². The topological polar surface area (TPSA) is 82.7 Å². The van der Waals surface area contributed by atoms with Crippen molar-refractivity contribution in [2.45, 2.75) is 31.7 Å². The molecule has 2 amide bonds. The Bertz CT molecular complexity index is 652. The van der Waals surface area contributed by atoms with Gasteiger partial charge < -0.3 is 10.3 Å². The Balaban J connectivity index is 1.41. The number of hydrogen-bond donors (Lipinski definition) is 3. The molecule has 2 fully saturated rings. The first-order valence-electron chi connectivity index (χ1n) is 7.15. The predicted octanol–water partition coefficient (Wildman–Crippen LogP) is 2.27. The molecule has 6 nitrogen and oxygen atoms in total. The molecule has 2 saturated carbocycles. The number of rotatable bonds is 2. The molecule has 0 spiro atoms. The van der Waals surface area contributed by atoms with E-state index in [0.717, 1.165) is 23.5 Å². The van der Waals surface area contributed by atoms with Crippen molar-refractivity contribution in [1.82, 2.24) is 20.3 Å². The summed E-state index contributed by atoms with van der Waals surface area (Å²) in [6.45, 7) is 0. The third-order valence-electron chi connectivity index (χ3n) is 4.56. The number of anilines is 1. The molecule has 2 aromatic heterocycles. The van der Waals surface area contributed by atoms with E-state index in [1.165, 1.54) is 19.3 Å². The third-order valence-corrected chi connectivity index (χ3v) is 4.56. The largest absolute Gasteiger partial charge is 0.345 e. The number of carbonyl (C=O) groups is 1. The summed E-state index contributed by atoms with van der Waals surface area (Å²) in [5.41, 5.74) is 1.48. The first-order chi connectivity index (χ1) is 9.78. The van der Waals surface area contributed by atoms with Gasteiger partial charge in [-0.2, -0.15) is 0 Å². The van der Waals surface area contributed by atoms with Crippen molar-refractivity contribution >= 4 is 23.0 Å². The highest BCUT2D eigenvalue weighted by Crippen LogP contribution is 2.44. The highest BCUT2D eigenvalue weighted by atomic mass is 16.2. The molecule has 2 aromatic rings. The summed E-state index contributed by atoms with van der Waals surface area (Å²) < 4.78 is 0. The van der Waals surface area contributed by atoms with Gasteiger partial charge in [-0.25, -0.2) is 14.8 Å². The number of fused-ring (bicyclic) bond motifs is 3. The van der Waals surface area contributed by atoms with E-state index >= 15 is 0 Å². The Kier molecular flexibility index (Phi) is 2.61. The maximum atomic E-state index is 12.0. The zero-order chi connectivity index (χ0) is 13.5. The molecule has 104 valence electrons. The van der Waals surface area contributed by atoms with E-state index in [9.17, 15) is 4.79 Å². The molecule has 6 heteroatoms. The van der Waals surface area contributed by atoms with Crippen LogP contribution in [0.15, 0.2) is 18.5 Å². The van der Waals surface area contributed by atoms with E-state index in [-0.39, 0.29) is 6.03 Å². The average molecular weight is 271 g/mol. The maximum absolute atomic E-state index is 12.0. The summed E-state index contributed by atoms with van der Waals surface area (Å²) in [4.78, 5) is 23.5. The minimum absolute atomic E-state index is 0.174. The van der Waals surface area contributed by atoms with Crippen LogP contribution in [-0.2, 0) is 0 Å². The van der Waals surface area contributed by atoms with Gasteiger partial charge in [0.2, 0.25) is 0 Å². The van der Waals surface area contributed by atoms with E-state index in [4.69, 9.17) is 0 Å². The van der Waals surface area contributed by atoms with Gasteiger partial charge >= 0.3 is 6.03 Å². The fourth-order valence-corrected chi connectivity index (χ4v) is 3.63. The van der Waals surface area contributed by atoms with Gasteiger partial charge in [-0.15, -0.1) is 0 Å². The molecule has 0 saturated heterocycles. The van der Waals surface area contributed by atoms with Crippen LogP contribution < -0.4 is 10.6 Å². The maximum Gasteiger partial charge on any atom is 0.320 e. The first kappa shape index (κ1) is 11.7. The molecule has 0 aromatic carbocycles. The van der Waals surface area contributed by atoms with Gasteiger partial charge in [0.15, 0.2) is 11.5 Å². The van der Waals surface area contributed by atoms with Crippen LogP contribution in [0.2, 0.25) is 0 Å². The van der Waals surface area contributed by atoms with E-state index in [2.05, 4.69) is 25.6 Å². The van der Waals surface area contributed by atoms with Crippen LogP contribution in [-0.4, -0.2) is 27.0 Å². The lowest BCUT2D eigenvalue weighted by atomic mass is 9.95. The predicted molar refractivity (Wildman–Crippen MR) is 75.3 cm³/mol. The molecule has 2 heterocycles. The normalized spacial score (nSPS) is 27.9. The van der Waals surface area contributed by atoms with Gasteiger partial charge in [-0.05, 0) is 37.2 Å². The third kappa shape index (κ3) is 2.01. The van der Waals surface area contributed by atoms with E-state index in [1.807, 2.05) is 6.07 Å². The van der Waals surface area contributed by atoms with Crippen molar-refractivity contribution in [3.63, 3.8) is 0 Å². The molecule has 20 heavy (non-hydrogen) atoms. The summed E-state index contributed by atoms with van der Waals surface area (Å²) in [6, 6.07) is 1.99. The zero-order valence-electron chi connectivity index (χ0n) is 11.1. The van der Waals surface area contributed by atoms with Crippen molar-refractivity contribution < 1.29 is 4.79 Å². The van der Waals surface area contributed by atoms with Crippen molar-refractivity contribution in [3.8, 4) is 0 Å². The van der Waals surface area contributed by atoms with Crippen molar-refractivity contribution in [1.29, 1.82) is 0 Å². The summed E-state index contributed by atoms with van der Waals surface area (Å²) >= 11 is 0. The lowest BCUT2D eigenvalue weighted by molar-refractivity contribution is 0.242. The molecule has 2 aliphatic carbocycles. The number of urea groups is 1. The Hall–Kier alpha value is -2.11. The van der Waals surface area contributed by atoms with E-state index in [0.29, 0.717) is 17.8 Å². The van der Waals surface area contributed by atoms with Crippen LogP contribution in [0.1, 0.15) is 25.7 Å². The van der Waals surface area contributed by atoms with Gasteiger partial charge in [0, 0.05) is 12.2 Å². The molecule has 3 atom stereocenters. The smallest absolute Gasteiger partial charge is 0.320 e. The molecular weight excluding hydrogens is 254 g/mol. The van der Waals surface area contributed by atoms with Crippen molar-refractivity contribution in [2.75, 3.05) is 5.32 Å². The Morgan fingerprint density at radius 1 is 1.35 bits per heavy atom. The first-order valence-corrected chi connectivity index (χ1v) is 7.15. The molecule has 0 unspecified atom stereocenters. The monoisotopic (exact) mass is 271 g/mol. The van der Waals surface area contributed by atoms with Crippen molar-refractivity contribution in [2.24, 2.45) is 11.8 Å². The molecule has 4 rings (SSSR count). The van der Waals surface area contributed by atoms with Crippen LogP contribution >= 0.6 is 0 Å². The number of hydrogen-bond acceptors (Lipinski definition) is 3. The Morgan fingerprint density at radius 3 is 3.10 bits per heavy atom. The quantitative estimate of drug-likeness (QED) is 0.783. The fraction of sp³-hybridized carbons (Fsp3) is 0.500.